The number of aryl methyl sites for hydroxylation is 2. The van der Waals surface area contributed by atoms with E-state index in [1.165, 1.54) is 11.8 Å². The van der Waals surface area contributed by atoms with Crippen molar-refractivity contribution in [2.45, 2.75) is 24.2 Å². The Labute approximate surface area is 120 Å². The van der Waals surface area contributed by atoms with Crippen LogP contribution in [0.2, 0.25) is 0 Å². The van der Waals surface area contributed by atoms with Crippen molar-refractivity contribution in [3.8, 4) is 5.69 Å². The molecule has 0 spiro atoms. The van der Waals surface area contributed by atoms with Gasteiger partial charge in [-0.05, 0) is 53.2 Å². The molecule has 0 aliphatic heterocycles. The quantitative estimate of drug-likeness (QED) is 0.687. The zero-order valence-electron chi connectivity index (χ0n) is 11.1. The van der Waals surface area contributed by atoms with Crippen LogP contribution in [0.15, 0.2) is 47.0 Å². The normalized spacial score (nSPS) is 10.7. The zero-order chi connectivity index (χ0) is 13.9. The average Bonchev–Trinajstić information content (AvgIpc) is 2.88. The maximum absolute atomic E-state index is 4.18. The Morgan fingerprint density at radius 1 is 1.00 bits per heavy atom. The van der Waals surface area contributed by atoms with Crippen LogP contribution in [0.25, 0.3) is 5.69 Å². The Balaban J connectivity index is 2.03. The van der Waals surface area contributed by atoms with Gasteiger partial charge >= 0.3 is 0 Å². The largest absolute Gasteiger partial charge is 0.231 e. The lowest BCUT2D eigenvalue weighted by atomic mass is 10.1. The fourth-order valence-electron chi connectivity index (χ4n) is 1.94. The Hall–Kier alpha value is -2.28. The molecule has 0 amide bonds. The molecule has 7 heteroatoms. The summed E-state index contributed by atoms with van der Waals surface area (Å²) >= 11 is 1.34. The highest BCUT2D eigenvalue weighted by Gasteiger charge is 2.14. The molecule has 20 heavy (non-hydrogen) atoms. The molecule has 3 aromatic rings. The smallest absolute Gasteiger partial charge is 0.221 e. The monoisotopic (exact) mass is 284 g/mol. The van der Waals surface area contributed by atoms with E-state index >= 15 is 0 Å². The van der Waals surface area contributed by atoms with Crippen LogP contribution >= 0.6 is 11.8 Å². The molecule has 0 radical (unpaired) electrons. The fourth-order valence-corrected chi connectivity index (χ4v) is 2.62. The highest BCUT2D eigenvalue weighted by atomic mass is 32.2. The van der Waals surface area contributed by atoms with Gasteiger partial charge in [-0.3, -0.25) is 0 Å². The summed E-state index contributed by atoms with van der Waals surface area (Å²) in [6.45, 7) is 4.08. The third-order valence-electron chi connectivity index (χ3n) is 2.82. The molecular weight excluding hydrogens is 272 g/mol. The van der Waals surface area contributed by atoms with Gasteiger partial charge in [0.25, 0.3) is 0 Å². The van der Waals surface area contributed by atoms with Crippen molar-refractivity contribution in [3.63, 3.8) is 0 Å². The van der Waals surface area contributed by atoms with Crippen LogP contribution in [0.5, 0.6) is 0 Å². The van der Waals surface area contributed by atoms with Crippen LogP contribution < -0.4 is 0 Å². The molecule has 2 heterocycles. The fraction of sp³-hybridized carbons (Fsp3) is 0.154. The zero-order valence-corrected chi connectivity index (χ0v) is 11.9. The van der Waals surface area contributed by atoms with E-state index in [-0.39, 0.29) is 0 Å². The Morgan fingerprint density at radius 2 is 1.70 bits per heavy atom. The highest BCUT2D eigenvalue weighted by Crippen LogP contribution is 2.26. The van der Waals surface area contributed by atoms with E-state index in [9.17, 15) is 0 Å². The molecule has 0 saturated carbocycles. The Kier molecular flexibility index (Phi) is 3.42. The second-order valence-electron chi connectivity index (χ2n) is 4.25. The predicted molar refractivity (Wildman–Crippen MR) is 74.8 cm³/mol. The molecule has 0 N–H and O–H groups in total. The number of para-hydroxylation sites is 1. The lowest BCUT2D eigenvalue weighted by molar-refractivity contribution is 0.746. The number of nitrogens with zero attached hydrogens (tertiary/aromatic N) is 6. The van der Waals surface area contributed by atoms with Gasteiger partial charge in [0.15, 0.2) is 5.16 Å². The van der Waals surface area contributed by atoms with E-state index in [4.69, 9.17) is 0 Å². The number of hydrogen-bond acceptors (Lipinski definition) is 6. The number of rotatable bonds is 3. The first kappa shape index (κ1) is 12.7. The van der Waals surface area contributed by atoms with Gasteiger partial charge in [0, 0.05) is 12.4 Å². The Morgan fingerprint density at radius 3 is 2.40 bits per heavy atom. The summed E-state index contributed by atoms with van der Waals surface area (Å²) in [6, 6.07) is 7.87. The first-order valence-electron chi connectivity index (χ1n) is 6.05. The number of tetrazole rings is 1. The first-order chi connectivity index (χ1) is 9.75. The van der Waals surface area contributed by atoms with Crippen LogP contribution in [0.1, 0.15) is 11.1 Å². The lowest BCUT2D eigenvalue weighted by Crippen LogP contribution is -2.04. The summed E-state index contributed by atoms with van der Waals surface area (Å²) in [5.74, 6) is 0. The topological polar surface area (TPSA) is 69.4 Å². The van der Waals surface area contributed by atoms with E-state index < -0.39 is 0 Å². The van der Waals surface area contributed by atoms with Gasteiger partial charge in [0.05, 0.1) is 5.69 Å². The van der Waals surface area contributed by atoms with Crippen LogP contribution in [-0.2, 0) is 0 Å². The number of benzene rings is 1. The van der Waals surface area contributed by atoms with Crippen molar-refractivity contribution >= 4 is 11.8 Å². The summed E-state index contributed by atoms with van der Waals surface area (Å²) < 4.78 is 1.73. The minimum atomic E-state index is 0.620. The summed E-state index contributed by atoms with van der Waals surface area (Å²) in [6.07, 6.45) is 3.39. The van der Waals surface area contributed by atoms with E-state index in [0.717, 1.165) is 16.8 Å². The van der Waals surface area contributed by atoms with Gasteiger partial charge in [-0.2, -0.15) is 4.68 Å². The molecule has 0 fully saturated rings. The SMILES string of the molecule is Cc1cccc(C)c1-n1nnnc1Sc1ncccn1. The second-order valence-corrected chi connectivity index (χ2v) is 5.18. The molecule has 100 valence electrons. The molecular formula is C13H12N6S. The molecule has 3 rings (SSSR count). The Bertz CT molecular complexity index is 704. The van der Waals surface area contributed by atoms with Gasteiger partial charge < -0.3 is 0 Å². The summed E-state index contributed by atoms with van der Waals surface area (Å²) in [7, 11) is 0. The van der Waals surface area contributed by atoms with Crippen molar-refractivity contribution in [2.75, 3.05) is 0 Å². The van der Waals surface area contributed by atoms with Gasteiger partial charge in [0.1, 0.15) is 0 Å². The molecule has 0 unspecified atom stereocenters. The van der Waals surface area contributed by atoms with E-state index in [0.29, 0.717) is 10.3 Å². The minimum Gasteiger partial charge on any atom is -0.231 e. The van der Waals surface area contributed by atoms with Crippen molar-refractivity contribution in [1.29, 1.82) is 0 Å². The number of aromatic nitrogens is 6. The second kappa shape index (κ2) is 5.38. The standard InChI is InChI=1S/C13H12N6S/c1-9-5-3-6-10(2)11(9)19-13(16-17-18-19)20-12-14-7-4-8-15-12/h3-8H,1-2H3. The van der Waals surface area contributed by atoms with E-state index in [1.807, 2.05) is 32.0 Å². The van der Waals surface area contributed by atoms with Crippen molar-refractivity contribution < 1.29 is 0 Å². The van der Waals surface area contributed by atoms with Crippen LogP contribution in [0.4, 0.5) is 0 Å². The average molecular weight is 284 g/mol. The summed E-state index contributed by atoms with van der Waals surface area (Å²) in [5, 5.41) is 13.2. The molecule has 1 aromatic carbocycles. The van der Waals surface area contributed by atoms with Crippen LogP contribution in [-0.4, -0.2) is 30.2 Å². The molecule has 0 aliphatic carbocycles. The first-order valence-corrected chi connectivity index (χ1v) is 6.87. The highest BCUT2D eigenvalue weighted by molar-refractivity contribution is 7.99. The third kappa shape index (κ3) is 2.39. The summed E-state index contributed by atoms with van der Waals surface area (Å²) in [4.78, 5) is 8.35. The number of hydrogen-bond donors (Lipinski definition) is 0. The lowest BCUT2D eigenvalue weighted by Gasteiger charge is -2.09. The minimum absolute atomic E-state index is 0.620. The molecule has 0 saturated heterocycles. The van der Waals surface area contributed by atoms with Gasteiger partial charge in [-0.1, -0.05) is 18.2 Å². The van der Waals surface area contributed by atoms with E-state index in [1.54, 1.807) is 23.1 Å². The van der Waals surface area contributed by atoms with E-state index in [2.05, 4.69) is 25.5 Å². The maximum atomic E-state index is 4.18. The van der Waals surface area contributed by atoms with Gasteiger partial charge in [0.2, 0.25) is 5.16 Å². The van der Waals surface area contributed by atoms with Crippen LogP contribution in [0.3, 0.4) is 0 Å². The van der Waals surface area contributed by atoms with Crippen molar-refractivity contribution in [3.05, 3.63) is 47.8 Å². The van der Waals surface area contributed by atoms with Gasteiger partial charge in [-0.25, -0.2) is 9.97 Å². The molecule has 0 aliphatic rings. The van der Waals surface area contributed by atoms with Crippen molar-refractivity contribution in [1.82, 2.24) is 30.2 Å². The molecule has 2 aromatic heterocycles. The van der Waals surface area contributed by atoms with Gasteiger partial charge in [-0.15, -0.1) is 5.10 Å². The molecule has 0 atom stereocenters. The third-order valence-corrected chi connectivity index (χ3v) is 3.65. The predicted octanol–water partition coefficient (Wildman–Crippen LogP) is 2.22. The molecule has 6 nitrogen and oxygen atoms in total. The van der Waals surface area contributed by atoms with Crippen LogP contribution in [0, 0.1) is 13.8 Å². The van der Waals surface area contributed by atoms with Crippen molar-refractivity contribution in [2.24, 2.45) is 0 Å². The maximum Gasteiger partial charge on any atom is 0.221 e. The molecule has 0 bridgehead atoms. The summed E-state index contributed by atoms with van der Waals surface area (Å²) in [5.41, 5.74) is 3.23.